The lowest BCUT2D eigenvalue weighted by atomic mass is 10.1. The zero-order valence-corrected chi connectivity index (χ0v) is 20.0. The van der Waals surface area contributed by atoms with E-state index in [1.54, 1.807) is 17.9 Å². The molecule has 2 aromatic heterocycles. The Kier molecular flexibility index (Phi) is 7.33. The molecule has 7 nitrogen and oxygen atoms in total. The molecule has 0 saturated heterocycles. The van der Waals surface area contributed by atoms with Gasteiger partial charge in [-0.2, -0.15) is 0 Å². The van der Waals surface area contributed by atoms with Gasteiger partial charge in [-0.15, -0.1) is 16.4 Å². The molecule has 0 spiro atoms. The first-order valence-electron chi connectivity index (χ1n) is 10.1. The third kappa shape index (κ3) is 5.95. The van der Waals surface area contributed by atoms with E-state index in [2.05, 4.69) is 20.7 Å². The Bertz CT molecular complexity index is 1260. The van der Waals surface area contributed by atoms with Gasteiger partial charge >= 0.3 is 5.97 Å². The van der Waals surface area contributed by atoms with Gasteiger partial charge in [-0.05, 0) is 48.5 Å². The number of hydrogen-bond acceptors (Lipinski definition) is 6. The van der Waals surface area contributed by atoms with Crippen LogP contribution >= 0.6 is 35.2 Å². The standard InChI is InChI=1S/C23H20ClN5O2S2/c1-2-31-21(30)18-12-19(16-6-4-3-5-7-16)33-20(18)26-23(32)27-22-25-14-29(28-22)13-15-8-10-17(24)11-9-15/h3-12,14H,2,13H2,1H3,(H2,26,27,28,32). The Morgan fingerprint density at radius 1 is 1.15 bits per heavy atom. The molecule has 2 aromatic carbocycles. The summed E-state index contributed by atoms with van der Waals surface area (Å²) in [5.41, 5.74) is 2.47. The van der Waals surface area contributed by atoms with Crippen molar-refractivity contribution >= 4 is 57.2 Å². The number of rotatable bonds is 7. The molecular formula is C23H20ClN5O2S2. The van der Waals surface area contributed by atoms with Crippen molar-refractivity contribution in [1.82, 2.24) is 14.8 Å². The minimum atomic E-state index is -0.411. The summed E-state index contributed by atoms with van der Waals surface area (Å²) in [6.07, 6.45) is 1.61. The fraction of sp³-hybridized carbons (Fsp3) is 0.130. The van der Waals surface area contributed by atoms with E-state index in [1.807, 2.05) is 60.7 Å². The van der Waals surface area contributed by atoms with Gasteiger partial charge in [0.25, 0.3) is 0 Å². The van der Waals surface area contributed by atoms with Crippen molar-refractivity contribution in [3.63, 3.8) is 0 Å². The van der Waals surface area contributed by atoms with Gasteiger partial charge in [0, 0.05) is 9.90 Å². The highest BCUT2D eigenvalue weighted by atomic mass is 35.5. The van der Waals surface area contributed by atoms with Crippen molar-refractivity contribution in [2.75, 3.05) is 17.2 Å². The minimum absolute atomic E-state index is 0.270. The molecule has 10 heteroatoms. The number of nitrogens with zero attached hydrogens (tertiary/aromatic N) is 3. The summed E-state index contributed by atoms with van der Waals surface area (Å²) in [4.78, 5) is 17.7. The smallest absolute Gasteiger partial charge is 0.341 e. The van der Waals surface area contributed by atoms with Crippen molar-refractivity contribution in [2.45, 2.75) is 13.5 Å². The van der Waals surface area contributed by atoms with Crippen LogP contribution in [-0.4, -0.2) is 32.5 Å². The number of carbonyl (C=O) groups is 1. The Morgan fingerprint density at radius 2 is 1.91 bits per heavy atom. The van der Waals surface area contributed by atoms with Crippen LogP contribution in [0.1, 0.15) is 22.8 Å². The van der Waals surface area contributed by atoms with Crippen LogP contribution in [0.2, 0.25) is 5.02 Å². The lowest BCUT2D eigenvalue weighted by Gasteiger charge is -2.08. The van der Waals surface area contributed by atoms with Gasteiger partial charge in [-0.25, -0.2) is 14.5 Å². The molecule has 4 rings (SSSR count). The van der Waals surface area contributed by atoms with E-state index in [0.29, 0.717) is 28.1 Å². The predicted octanol–water partition coefficient (Wildman–Crippen LogP) is 5.69. The summed E-state index contributed by atoms with van der Waals surface area (Å²) in [6.45, 7) is 2.60. The maximum absolute atomic E-state index is 12.5. The summed E-state index contributed by atoms with van der Waals surface area (Å²) in [7, 11) is 0. The van der Waals surface area contributed by atoms with Crippen LogP contribution in [0.15, 0.2) is 67.0 Å². The summed E-state index contributed by atoms with van der Waals surface area (Å²) in [5.74, 6) is -0.0643. The van der Waals surface area contributed by atoms with E-state index in [1.165, 1.54) is 11.3 Å². The third-order valence-electron chi connectivity index (χ3n) is 4.53. The second-order valence-corrected chi connectivity index (χ2v) is 8.81. The molecule has 0 aliphatic heterocycles. The first-order valence-corrected chi connectivity index (χ1v) is 11.7. The maximum Gasteiger partial charge on any atom is 0.341 e. The number of benzene rings is 2. The van der Waals surface area contributed by atoms with Gasteiger partial charge in [-0.1, -0.05) is 54.1 Å². The van der Waals surface area contributed by atoms with Gasteiger partial charge in [-0.3, -0.25) is 5.32 Å². The van der Waals surface area contributed by atoms with E-state index >= 15 is 0 Å². The highest BCUT2D eigenvalue weighted by Crippen LogP contribution is 2.36. The van der Waals surface area contributed by atoms with Gasteiger partial charge in [0.15, 0.2) is 5.11 Å². The predicted molar refractivity (Wildman–Crippen MR) is 136 cm³/mol. The lowest BCUT2D eigenvalue weighted by Crippen LogP contribution is -2.21. The second-order valence-electron chi connectivity index (χ2n) is 6.91. The van der Waals surface area contributed by atoms with Crippen LogP contribution in [0.3, 0.4) is 0 Å². The number of thiocarbonyl (C=S) groups is 1. The molecule has 0 aliphatic carbocycles. The number of thiophene rings is 1. The van der Waals surface area contributed by atoms with E-state index in [4.69, 9.17) is 28.6 Å². The Labute approximate surface area is 205 Å². The highest BCUT2D eigenvalue weighted by Gasteiger charge is 2.19. The van der Waals surface area contributed by atoms with E-state index < -0.39 is 5.97 Å². The minimum Gasteiger partial charge on any atom is -0.462 e. The Balaban J connectivity index is 1.46. The molecule has 0 bridgehead atoms. The van der Waals surface area contributed by atoms with Crippen LogP contribution in [0.4, 0.5) is 10.9 Å². The first kappa shape index (κ1) is 22.9. The summed E-state index contributed by atoms with van der Waals surface area (Å²) in [5, 5.41) is 12.0. The molecule has 0 saturated carbocycles. The molecule has 0 amide bonds. The number of hydrogen-bond donors (Lipinski definition) is 2. The fourth-order valence-corrected chi connectivity index (χ4v) is 4.47. The molecule has 33 heavy (non-hydrogen) atoms. The van der Waals surface area contributed by atoms with Crippen molar-refractivity contribution in [1.29, 1.82) is 0 Å². The Hall–Kier alpha value is -3.27. The molecule has 0 radical (unpaired) electrons. The van der Waals surface area contributed by atoms with E-state index in [-0.39, 0.29) is 11.7 Å². The zero-order valence-electron chi connectivity index (χ0n) is 17.6. The van der Waals surface area contributed by atoms with Crippen molar-refractivity contribution in [3.05, 3.63) is 83.1 Å². The van der Waals surface area contributed by atoms with Crippen molar-refractivity contribution < 1.29 is 9.53 Å². The van der Waals surface area contributed by atoms with Gasteiger partial charge in [0.2, 0.25) is 5.95 Å². The average Bonchev–Trinajstić information content (AvgIpc) is 3.43. The monoisotopic (exact) mass is 497 g/mol. The molecule has 168 valence electrons. The van der Waals surface area contributed by atoms with Crippen LogP contribution in [0.5, 0.6) is 0 Å². The van der Waals surface area contributed by atoms with E-state index in [0.717, 1.165) is 16.0 Å². The lowest BCUT2D eigenvalue weighted by molar-refractivity contribution is 0.0528. The molecule has 2 N–H and O–H groups in total. The van der Waals surface area contributed by atoms with Crippen molar-refractivity contribution in [3.8, 4) is 10.4 Å². The summed E-state index contributed by atoms with van der Waals surface area (Å²) in [6, 6.07) is 19.1. The van der Waals surface area contributed by atoms with Gasteiger partial charge in [0.05, 0.1) is 18.7 Å². The molecule has 0 fully saturated rings. The topological polar surface area (TPSA) is 81.1 Å². The second kappa shape index (κ2) is 10.6. The Morgan fingerprint density at radius 3 is 2.64 bits per heavy atom. The molecule has 4 aromatic rings. The van der Waals surface area contributed by atoms with Crippen LogP contribution in [0.25, 0.3) is 10.4 Å². The van der Waals surface area contributed by atoms with Crippen LogP contribution in [0, 0.1) is 0 Å². The average molecular weight is 498 g/mol. The number of nitrogens with one attached hydrogen (secondary N) is 2. The third-order valence-corrected chi connectivity index (χ3v) is 6.09. The number of halogens is 1. The summed E-state index contributed by atoms with van der Waals surface area (Å²) >= 11 is 12.8. The van der Waals surface area contributed by atoms with E-state index in [9.17, 15) is 4.79 Å². The van der Waals surface area contributed by atoms with Gasteiger partial charge < -0.3 is 10.1 Å². The zero-order chi connectivity index (χ0) is 23.2. The van der Waals surface area contributed by atoms with Crippen molar-refractivity contribution in [2.24, 2.45) is 0 Å². The summed E-state index contributed by atoms with van der Waals surface area (Å²) < 4.78 is 6.90. The maximum atomic E-state index is 12.5. The highest BCUT2D eigenvalue weighted by molar-refractivity contribution is 7.80. The molecule has 0 aliphatic rings. The number of esters is 1. The van der Waals surface area contributed by atoms with Gasteiger partial charge in [0.1, 0.15) is 11.3 Å². The quantitative estimate of drug-likeness (QED) is 0.250. The largest absolute Gasteiger partial charge is 0.462 e. The molecule has 0 unspecified atom stereocenters. The number of anilines is 2. The van der Waals surface area contributed by atoms with Crippen LogP contribution < -0.4 is 10.6 Å². The normalized spacial score (nSPS) is 10.6. The van der Waals surface area contributed by atoms with Crippen LogP contribution in [-0.2, 0) is 11.3 Å². The first-order chi connectivity index (χ1) is 16.0. The number of ether oxygens (including phenoxy) is 1. The number of carbonyl (C=O) groups excluding carboxylic acids is 1. The fourth-order valence-electron chi connectivity index (χ4n) is 3.03. The number of aromatic nitrogens is 3. The molecule has 0 atom stereocenters. The molecular weight excluding hydrogens is 478 g/mol. The molecule has 2 heterocycles. The SMILES string of the molecule is CCOC(=O)c1cc(-c2ccccc2)sc1NC(=S)Nc1ncn(Cc2ccc(Cl)cc2)n1.